The molecule has 0 amide bonds. The highest BCUT2D eigenvalue weighted by Crippen LogP contribution is 2.35. The first-order valence-corrected chi connectivity index (χ1v) is 7.58. The van der Waals surface area contributed by atoms with Crippen molar-refractivity contribution in [3.8, 4) is 0 Å². The molecule has 0 saturated carbocycles. The van der Waals surface area contributed by atoms with Crippen LogP contribution >= 0.6 is 12.2 Å². The maximum Gasteiger partial charge on any atom is 0.141 e. The van der Waals surface area contributed by atoms with Gasteiger partial charge in [0.25, 0.3) is 0 Å². The Morgan fingerprint density at radius 3 is 2.65 bits per heavy atom. The first-order valence-electron chi connectivity index (χ1n) is 7.17. The molecule has 6 nitrogen and oxygen atoms in total. The number of fused-ring (bicyclic) bond motifs is 1. The van der Waals surface area contributed by atoms with E-state index in [0.717, 1.165) is 0 Å². The molecule has 4 atom stereocenters. The predicted octanol–water partition coefficient (Wildman–Crippen LogP) is 1.20. The molecule has 0 bridgehead atoms. The molecule has 0 radical (unpaired) electrons. The molecule has 1 aliphatic rings. The number of aliphatic hydroxyl groups excluding tert-OH is 3. The van der Waals surface area contributed by atoms with Crippen LogP contribution in [0.3, 0.4) is 0 Å². The van der Waals surface area contributed by atoms with Crippen LogP contribution in [-0.4, -0.2) is 50.2 Å². The summed E-state index contributed by atoms with van der Waals surface area (Å²) in [6.45, 7) is 2.90. The topological polar surface area (TPSA) is 98.6 Å². The fraction of sp³-hybridized carbons (Fsp3) is 0.467. The molecular weight excluding hydrogens is 323 g/mol. The molecular formula is C15H17FN2O4S. The Balaban J connectivity index is 2.16. The van der Waals surface area contributed by atoms with E-state index in [-0.39, 0.29) is 10.0 Å². The van der Waals surface area contributed by atoms with Crippen LogP contribution in [-0.2, 0) is 4.74 Å². The summed E-state index contributed by atoms with van der Waals surface area (Å²) in [6.07, 6.45) is -4.36. The lowest BCUT2D eigenvalue weighted by Crippen LogP contribution is -2.32. The number of aryl methyl sites for hydroxylation is 1. The summed E-state index contributed by atoms with van der Waals surface area (Å²) < 4.78 is 20.2. The SMILES string of the molecule is Cc1nc2[nH]c(=S)c([C@@H]3O[C@H](CO)C(O)[C@@H]3O)cc2c(F)c1C. The van der Waals surface area contributed by atoms with E-state index in [9.17, 15) is 19.7 Å². The van der Waals surface area contributed by atoms with Gasteiger partial charge in [0.2, 0.25) is 0 Å². The number of aliphatic hydroxyl groups is 3. The van der Waals surface area contributed by atoms with Gasteiger partial charge in [0.05, 0.1) is 12.0 Å². The summed E-state index contributed by atoms with van der Waals surface area (Å²) in [5, 5.41) is 29.4. The van der Waals surface area contributed by atoms with Crippen molar-refractivity contribution in [2.75, 3.05) is 6.61 Å². The molecule has 1 fully saturated rings. The number of aromatic amines is 1. The van der Waals surface area contributed by atoms with Gasteiger partial charge in [-0.1, -0.05) is 12.2 Å². The lowest BCUT2D eigenvalue weighted by Gasteiger charge is -2.16. The molecule has 1 saturated heterocycles. The van der Waals surface area contributed by atoms with Crippen LogP contribution in [0.15, 0.2) is 6.07 Å². The second-order valence-electron chi connectivity index (χ2n) is 5.71. The summed E-state index contributed by atoms with van der Waals surface area (Å²) in [4.78, 5) is 7.12. The third-order valence-corrected chi connectivity index (χ3v) is 4.62. The van der Waals surface area contributed by atoms with Gasteiger partial charge in [-0.15, -0.1) is 0 Å². The minimum absolute atomic E-state index is 0.231. The van der Waals surface area contributed by atoms with Crippen molar-refractivity contribution >= 4 is 23.3 Å². The third kappa shape index (κ3) is 2.56. The lowest BCUT2D eigenvalue weighted by atomic mass is 10.0. The van der Waals surface area contributed by atoms with Crippen molar-refractivity contribution in [1.82, 2.24) is 9.97 Å². The molecule has 8 heteroatoms. The van der Waals surface area contributed by atoms with Gasteiger partial charge in [0, 0.05) is 16.8 Å². The predicted molar refractivity (Wildman–Crippen MR) is 83.1 cm³/mol. The van der Waals surface area contributed by atoms with E-state index >= 15 is 0 Å². The van der Waals surface area contributed by atoms with Crippen molar-refractivity contribution in [2.24, 2.45) is 0 Å². The normalized spacial score (nSPS) is 27.7. The molecule has 3 heterocycles. The number of pyridine rings is 2. The average Bonchev–Trinajstić information content (AvgIpc) is 2.80. The van der Waals surface area contributed by atoms with E-state index in [2.05, 4.69) is 9.97 Å². The van der Waals surface area contributed by atoms with Gasteiger partial charge in [0.15, 0.2) is 0 Å². The fourth-order valence-corrected chi connectivity index (χ4v) is 3.04. The number of rotatable bonds is 2. The molecule has 0 aromatic carbocycles. The van der Waals surface area contributed by atoms with E-state index in [4.69, 9.17) is 17.0 Å². The Hall–Kier alpha value is -1.45. The molecule has 0 aliphatic carbocycles. The van der Waals surface area contributed by atoms with Crippen LogP contribution < -0.4 is 0 Å². The van der Waals surface area contributed by atoms with Crippen molar-refractivity contribution in [2.45, 2.75) is 38.3 Å². The zero-order valence-corrected chi connectivity index (χ0v) is 13.4. The van der Waals surface area contributed by atoms with Gasteiger partial charge in [0.1, 0.15) is 40.5 Å². The fourth-order valence-electron chi connectivity index (χ4n) is 2.77. The zero-order valence-electron chi connectivity index (χ0n) is 12.6. The Kier molecular flexibility index (Phi) is 4.19. The van der Waals surface area contributed by atoms with Gasteiger partial charge < -0.3 is 25.0 Å². The number of nitrogens with one attached hydrogen (secondary N) is 1. The summed E-state index contributed by atoms with van der Waals surface area (Å²) in [6, 6.07) is 1.48. The van der Waals surface area contributed by atoms with Gasteiger partial charge in [-0.25, -0.2) is 9.37 Å². The average molecular weight is 340 g/mol. The monoisotopic (exact) mass is 340 g/mol. The van der Waals surface area contributed by atoms with Crippen LogP contribution in [0.25, 0.3) is 11.0 Å². The van der Waals surface area contributed by atoms with Crippen LogP contribution in [0.1, 0.15) is 22.9 Å². The van der Waals surface area contributed by atoms with Gasteiger partial charge in [-0.3, -0.25) is 0 Å². The maximum atomic E-state index is 14.5. The van der Waals surface area contributed by atoms with E-state index in [0.29, 0.717) is 22.5 Å². The standard InChI is InChI=1S/C15H17FN2O4S/c1-5-6(2)17-14-7(10(5)16)3-8(15(23)18-14)13-12(21)11(20)9(4-19)22-13/h3,9,11-13,19-21H,4H2,1-2H3,(H,17,18,23)/t9-,11?,12+,13+/m1/s1. The molecule has 4 N–H and O–H groups in total. The first-order chi connectivity index (χ1) is 10.8. The Labute approximate surface area is 136 Å². The highest BCUT2D eigenvalue weighted by Gasteiger charge is 2.43. The number of hydrogen-bond acceptors (Lipinski definition) is 6. The molecule has 0 spiro atoms. The first kappa shape index (κ1) is 16.4. The number of hydrogen-bond donors (Lipinski definition) is 4. The number of ether oxygens (including phenoxy) is 1. The van der Waals surface area contributed by atoms with E-state index < -0.39 is 36.8 Å². The van der Waals surface area contributed by atoms with Gasteiger partial charge >= 0.3 is 0 Å². The third-order valence-electron chi connectivity index (χ3n) is 4.29. The highest BCUT2D eigenvalue weighted by molar-refractivity contribution is 7.71. The van der Waals surface area contributed by atoms with Crippen molar-refractivity contribution in [3.63, 3.8) is 0 Å². The zero-order chi connectivity index (χ0) is 16.9. The minimum Gasteiger partial charge on any atom is -0.394 e. The van der Waals surface area contributed by atoms with Crippen LogP contribution in [0, 0.1) is 24.3 Å². The summed E-state index contributed by atoms with van der Waals surface area (Å²) in [7, 11) is 0. The highest BCUT2D eigenvalue weighted by atomic mass is 32.1. The van der Waals surface area contributed by atoms with E-state index in [1.54, 1.807) is 13.8 Å². The van der Waals surface area contributed by atoms with Crippen molar-refractivity contribution < 1.29 is 24.4 Å². The van der Waals surface area contributed by atoms with E-state index in [1.807, 2.05) is 0 Å². The summed E-state index contributed by atoms with van der Waals surface area (Å²) in [5.41, 5.74) is 1.64. The molecule has 2 aromatic heterocycles. The van der Waals surface area contributed by atoms with Crippen LogP contribution in [0.2, 0.25) is 0 Å². The summed E-state index contributed by atoms with van der Waals surface area (Å²) >= 11 is 5.25. The molecule has 23 heavy (non-hydrogen) atoms. The smallest absolute Gasteiger partial charge is 0.141 e. The maximum absolute atomic E-state index is 14.5. The molecule has 1 unspecified atom stereocenters. The van der Waals surface area contributed by atoms with Crippen LogP contribution in [0.5, 0.6) is 0 Å². The van der Waals surface area contributed by atoms with Crippen LogP contribution in [0.4, 0.5) is 4.39 Å². The molecule has 2 aromatic rings. The molecule has 3 rings (SSSR count). The molecule has 1 aliphatic heterocycles. The Bertz CT molecular complexity index is 825. The number of nitrogens with zero attached hydrogens (tertiary/aromatic N) is 1. The largest absolute Gasteiger partial charge is 0.394 e. The van der Waals surface area contributed by atoms with Gasteiger partial charge in [-0.05, 0) is 19.9 Å². The molecule has 124 valence electrons. The second kappa shape index (κ2) is 5.88. The van der Waals surface area contributed by atoms with Crippen molar-refractivity contribution in [1.29, 1.82) is 0 Å². The minimum atomic E-state index is -1.26. The number of halogens is 1. The number of aromatic nitrogens is 2. The van der Waals surface area contributed by atoms with Crippen molar-refractivity contribution in [3.05, 3.63) is 33.3 Å². The number of H-pyrrole nitrogens is 1. The van der Waals surface area contributed by atoms with Gasteiger partial charge in [-0.2, -0.15) is 0 Å². The quantitative estimate of drug-likeness (QED) is 0.613. The second-order valence-corrected chi connectivity index (χ2v) is 6.12. The lowest BCUT2D eigenvalue weighted by molar-refractivity contribution is -0.0229. The van der Waals surface area contributed by atoms with E-state index in [1.165, 1.54) is 6.07 Å². The summed E-state index contributed by atoms with van der Waals surface area (Å²) in [5.74, 6) is -0.424. The Morgan fingerprint density at radius 1 is 1.35 bits per heavy atom. The Morgan fingerprint density at radius 2 is 2.04 bits per heavy atom.